The maximum absolute atomic E-state index is 9.92. The molecular weight excluding hydrogens is 214 g/mol. The van der Waals surface area contributed by atoms with Gasteiger partial charge in [-0.05, 0) is 50.6 Å². The van der Waals surface area contributed by atoms with Crippen molar-refractivity contribution in [1.29, 1.82) is 0 Å². The minimum Gasteiger partial charge on any atom is -0.486 e. The summed E-state index contributed by atoms with van der Waals surface area (Å²) in [6.07, 6.45) is 0.315. The summed E-state index contributed by atoms with van der Waals surface area (Å²) in [7, 11) is 2.06. The maximum atomic E-state index is 9.92. The van der Waals surface area contributed by atoms with Crippen molar-refractivity contribution < 1.29 is 9.84 Å². The van der Waals surface area contributed by atoms with E-state index in [1.54, 1.807) is 0 Å². The van der Waals surface area contributed by atoms with Crippen LogP contribution in [0.3, 0.4) is 0 Å². The summed E-state index contributed by atoms with van der Waals surface area (Å²) in [6, 6.07) is 6.07. The van der Waals surface area contributed by atoms with Gasteiger partial charge >= 0.3 is 0 Å². The first kappa shape index (κ1) is 12.4. The van der Waals surface area contributed by atoms with Gasteiger partial charge in [0, 0.05) is 13.1 Å². The van der Waals surface area contributed by atoms with Crippen LogP contribution in [-0.2, 0) is 0 Å². The van der Waals surface area contributed by atoms with Crippen LogP contribution >= 0.6 is 0 Å². The molecule has 0 spiro atoms. The molecule has 1 saturated heterocycles. The minimum atomic E-state index is -0.354. The van der Waals surface area contributed by atoms with Gasteiger partial charge in [0.2, 0.25) is 0 Å². The molecule has 0 amide bonds. The number of hydrogen-bond acceptors (Lipinski definition) is 3. The molecule has 1 N–H and O–H groups in total. The van der Waals surface area contributed by atoms with Crippen molar-refractivity contribution in [3.8, 4) is 5.75 Å². The largest absolute Gasteiger partial charge is 0.486 e. The minimum absolute atomic E-state index is 0.115. The zero-order valence-corrected chi connectivity index (χ0v) is 10.8. The molecule has 0 aromatic heterocycles. The van der Waals surface area contributed by atoms with Crippen molar-refractivity contribution >= 4 is 0 Å². The number of benzene rings is 1. The normalized spacial score (nSPS) is 25.9. The lowest BCUT2D eigenvalue weighted by Gasteiger charge is -2.34. The van der Waals surface area contributed by atoms with Crippen molar-refractivity contribution in [2.45, 2.75) is 32.5 Å². The first-order valence-electron chi connectivity index (χ1n) is 6.17. The standard InChI is InChI=1S/C14H21NO2/c1-10-4-5-12(8-11(10)2)17-14-9-15(3)7-6-13(14)16/h4-5,8,13-14,16H,6-7,9H2,1-3H3/t13-,14-/m0/s1. The molecule has 1 aromatic rings. The van der Waals surface area contributed by atoms with Gasteiger partial charge in [0.05, 0.1) is 6.10 Å². The fraction of sp³-hybridized carbons (Fsp3) is 0.571. The Balaban J connectivity index is 2.06. The Labute approximate surface area is 103 Å². The van der Waals surface area contributed by atoms with Crippen LogP contribution in [0.4, 0.5) is 0 Å². The van der Waals surface area contributed by atoms with Crippen LogP contribution in [-0.4, -0.2) is 42.4 Å². The molecular formula is C14H21NO2. The monoisotopic (exact) mass is 235 g/mol. The third-order valence-electron chi connectivity index (χ3n) is 3.49. The molecule has 0 unspecified atom stereocenters. The number of nitrogens with zero attached hydrogens (tertiary/aromatic N) is 1. The van der Waals surface area contributed by atoms with E-state index in [2.05, 4.69) is 31.9 Å². The lowest BCUT2D eigenvalue weighted by atomic mass is 10.1. The molecule has 3 heteroatoms. The van der Waals surface area contributed by atoms with Crippen LogP contribution in [0.25, 0.3) is 0 Å². The molecule has 17 heavy (non-hydrogen) atoms. The summed E-state index contributed by atoms with van der Waals surface area (Å²) in [5, 5.41) is 9.92. The van der Waals surface area contributed by atoms with E-state index in [1.165, 1.54) is 11.1 Å². The number of piperidine rings is 1. The average molecular weight is 235 g/mol. The molecule has 3 nitrogen and oxygen atoms in total. The van der Waals surface area contributed by atoms with Crippen LogP contribution in [0.1, 0.15) is 17.5 Å². The lowest BCUT2D eigenvalue weighted by molar-refractivity contribution is -0.0176. The van der Waals surface area contributed by atoms with Gasteiger partial charge in [-0.3, -0.25) is 0 Å². The van der Waals surface area contributed by atoms with Crippen LogP contribution < -0.4 is 4.74 Å². The second kappa shape index (κ2) is 5.07. The number of likely N-dealkylation sites (N-methyl/N-ethyl adjacent to an activating group) is 1. The first-order chi connectivity index (χ1) is 8.06. The van der Waals surface area contributed by atoms with Gasteiger partial charge in [0.1, 0.15) is 11.9 Å². The summed E-state index contributed by atoms with van der Waals surface area (Å²) in [4.78, 5) is 2.19. The van der Waals surface area contributed by atoms with E-state index in [0.29, 0.717) is 0 Å². The predicted molar refractivity (Wildman–Crippen MR) is 68.5 cm³/mol. The summed E-state index contributed by atoms with van der Waals surface area (Å²) in [6.45, 7) is 5.88. The number of aliphatic hydroxyl groups is 1. The number of rotatable bonds is 2. The highest BCUT2D eigenvalue weighted by Gasteiger charge is 2.27. The third kappa shape index (κ3) is 2.99. The Bertz CT molecular complexity index is 392. The Morgan fingerprint density at radius 1 is 1.29 bits per heavy atom. The Morgan fingerprint density at radius 3 is 2.76 bits per heavy atom. The molecule has 1 aliphatic heterocycles. The predicted octanol–water partition coefficient (Wildman–Crippen LogP) is 1.75. The molecule has 1 aliphatic rings. The number of ether oxygens (including phenoxy) is 1. The zero-order chi connectivity index (χ0) is 12.4. The van der Waals surface area contributed by atoms with Crippen molar-refractivity contribution in [2.24, 2.45) is 0 Å². The highest BCUT2D eigenvalue weighted by atomic mass is 16.5. The molecule has 1 aromatic carbocycles. The van der Waals surface area contributed by atoms with Gasteiger partial charge in [0.25, 0.3) is 0 Å². The molecule has 0 radical (unpaired) electrons. The van der Waals surface area contributed by atoms with Gasteiger partial charge in [-0.1, -0.05) is 6.07 Å². The van der Waals surface area contributed by atoms with Crippen molar-refractivity contribution in [2.75, 3.05) is 20.1 Å². The summed E-state index contributed by atoms with van der Waals surface area (Å²) < 4.78 is 5.88. The van der Waals surface area contributed by atoms with Gasteiger partial charge in [-0.15, -0.1) is 0 Å². The first-order valence-corrected chi connectivity index (χ1v) is 6.17. The number of hydrogen-bond donors (Lipinski definition) is 1. The lowest BCUT2D eigenvalue weighted by Crippen LogP contribution is -2.47. The Morgan fingerprint density at radius 2 is 2.06 bits per heavy atom. The van der Waals surface area contributed by atoms with Crippen molar-refractivity contribution in [1.82, 2.24) is 4.90 Å². The van der Waals surface area contributed by atoms with Crippen LogP contribution in [0.15, 0.2) is 18.2 Å². The average Bonchev–Trinajstić information content (AvgIpc) is 2.29. The van der Waals surface area contributed by atoms with Gasteiger partial charge in [-0.25, -0.2) is 0 Å². The molecule has 94 valence electrons. The summed E-state index contributed by atoms with van der Waals surface area (Å²) >= 11 is 0. The van der Waals surface area contributed by atoms with Crippen LogP contribution in [0.2, 0.25) is 0 Å². The van der Waals surface area contributed by atoms with E-state index in [1.807, 2.05) is 12.1 Å². The van der Waals surface area contributed by atoms with E-state index in [-0.39, 0.29) is 12.2 Å². The number of aliphatic hydroxyl groups excluding tert-OH is 1. The van der Waals surface area contributed by atoms with Crippen LogP contribution in [0.5, 0.6) is 5.75 Å². The molecule has 1 heterocycles. The number of likely N-dealkylation sites (tertiary alicyclic amines) is 1. The quantitative estimate of drug-likeness (QED) is 0.847. The SMILES string of the molecule is Cc1ccc(O[C@H]2CN(C)CC[C@@H]2O)cc1C. The highest BCUT2D eigenvalue weighted by Crippen LogP contribution is 2.21. The zero-order valence-electron chi connectivity index (χ0n) is 10.8. The van der Waals surface area contributed by atoms with Gasteiger partial charge < -0.3 is 14.7 Å². The van der Waals surface area contributed by atoms with Crippen molar-refractivity contribution in [3.05, 3.63) is 29.3 Å². The van der Waals surface area contributed by atoms with Gasteiger partial charge in [0.15, 0.2) is 0 Å². The van der Waals surface area contributed by atoms with Gasteiger partial charge in [-0.2, -0.15) is 0 Å². The summed E-state index contributed by atoms with van der Waals surface area (Å²) in [5.41, 5.74) is 2.49. The fourth-order valence-electron chi connectivity index (χ4n) is 2.14. The topological polar surface area (TPSA) is 32.7 Å². The second-order valence-electron chi connectivity index (χ2n) is 5.02. The Kier molecular flexibility index (Phi) is 3.69. The third-order valence-corrected chi connectivity index (χ3v) is 3.49. The second-order valence-corrected chi connectivity index (χ2v) is 5.02. The van der Waals surface area contributed by atoms with E-state index >= 15 is 0 Å². The Hall–Kier alpha value is -1.06. The smallest absolute Gasteiger partial charge is 0.137 e. The molecule has 0 saturated carbocycles. The van der Waals surface area contributed by atoms with Crippen LogP contribution in [0, 0.1) is 13.8 Å². The molecule has 2 rings (SSSR count). The van der Waals surface area contributed by atoms with E-state index in [4.69, 9.17) is 4.74 Å². The fourth-order valence-corrected chi connectivity index (χ4v) is 2.14. The number of aryl methyl sites for hydroxylation is 2. The molecule has 0 bridgehead atoms. The molecule has 2 atom stereocenters. The highest BCUT2D eigenvalue weighted by molar-refractivity contribution is 5.34. The van der Waals surface area contributed by atoms with E-state index < -0.39 is 0 Å². The van der Waals surface area contributed by atoms with Crippen molar-refractivity contribution in [3.63, 3.8) is 0 Å². The molecule has 0 aliphatic carbocycles. The molecule has 1 fully saturated rings. The maximum Gasteiger partial charge on any atom is 0.137 e. The van der Waals surface area contributed by atoms with E-state index in [9.17, 15) is 5.11 Å². The summed E-state index contributed by atoms with van der Waals surface area (Å²) in [5.74, 6) is 0.854. The van der Waals surface area contributed by atoms with E-state index in [0.717, 1.165) is 25.3 Å².